The molecule has 1 heterocycles. The lowest BCUT2D eigenvalue weighted by molar-refractivity contribution is 0.0492. The van der Waals surface area contributed by atoms with Crippen LogP contribution in [-0.4, -0.2) is 5.92 Å². The predicted octanol–water partition coefficient (Wildman–Crippen LogP) is 3.48. The van der Waals surface area contributed by atoms with E-state index in [1.165, 1.54) is 6.26 Å². The van der Waals surface area contributed by atoms with Crippen LogP contribution in [0.1, 0.15) is 25.0 Å². The highest BCUT2D eigenvalue weighted by molar-refractivity contribution is 5.67. The van der Waals surface area contributed by atoms with E-state index in [0.29, 0.717) is 18.6 Å². The second kappa shape index (κ2) is 2.98. The minimum atomic E-state index is -2.71. The van der Waals surface area contributed by atoms with E-state index in [4.69, 9.17) is 4.42 Å². The first-order valence-corrected chi connectivity index (χ1v) is 4.32. The Morgan fingerprint density at radius 2 is 2.23 bits per heavy atom. The van der Waals surface area contributed by atoms with Gasteiger partial charge in [-0.1, -0.05) is 6.08 Å². The molecule has 1 aliphatic rings. The minimum absolute atomic E-state index is 0.0451. The molecule has 1 aliphatic carbocycles. The van der Waals surface area contributed by atoms with Gasteiger partial charge < -0.3 is 4.42 Å². The molecule has 0 bridgehead atoms. The van der Waals surface area contributed by atoms with E-state index < -0.39 is 5.92 Å². The Morgan fingerprint density at radius 3 is 2.85 bits per heavy atom. The Balaban J connectivity index is 2.36. The zero-order chi connectivity index (χ0) is 9.31. The van der Waals surface area contributed by atoms with Gasteiger partial charge in [0.25, 0.3) is 5.92 Å². The van der Waals surface area contributed by atoms with Crippen LogP contribution >= 0.6 is 0 Å². The van der Waals surface area contributed by atoms with Crippen molar-refractivity contribution in [1.29, 1.82) is 0 Å². The third-order valence-electron chi connectivity index (χ3n) is 2.22. The van der Waals surface area contributed by atoms with Crippen LogP contribution < -0.4 is 0 Å². The maximum Gasteiger partial charge on any atom is 0.276 e. The van der Waals surface area contributed by atoms with E-state index in [9.17, 15) is 8.78 Å². The number of hydrogen-bond donors (Lipinski definition) is 0. The maximum absolute atomic E-state index is 13.3. The van der Waals surface area contributed by atoms with Crippen LogP contribution in [0, 0.1) is 0 Å². The van der Waals surface area contributed by atoms with Gasteiger partial charge in [-0.3, -0.25) is 0 Å². The third kappa shape index (κ3) is 1.50. The summed E-state index contributed by atoms with van der Waals surface area (Å²) < 4.78 is 31.6. The van der Waals surface area contributed by atoms with Gasteiger partial charge in [0.1, 0.15) is 5.76 Å². The third-order valence-corrected chi connectivity index (χ3v) is 2.22. The Bertz CT molecular complexity index is 312. The second-order valence-electron chi connectivity index (χ2n) is 3.19. The van der Waals surface area contributed by atoms with Crippen LogP contribution in [0.3, 0.4) is 0 Å². The molecule has 1 aromatic rings. The summed E-state index contributed by atoms with van der Waals surface area (Å²) in [5.41, 5.74) is 0.0451. The summed E-state index contributed by atoms with van der Waals surface area (Å²) >= 11 is 0. The molecule has 0 saturated carbocycles. The number of halogens is 2. The molecule has 13 heavy (non-hydrogen) atoms. The summed E-state index contributed by atoms with van der Waals surface area (Å²) in [5.74, 6) is -2.42. The zero-order valence-electron chi connectivity index (χ0n) is 7.09. The summed E-state index contributed by atoms with van der Waals surface area (Å²) in [5, 5.41) is 0. The highest BCUT2D eigenvalue weighted by Crippen LogP contribution is 2.40. The Kier molecular flexibility index (Phi) is 1.94. The van der Waals surface area contributed by atoms with E-state index in [1.54, 1.807) is 18.2 Å². The van der Waals surface area contributed by atoms with E-state index in [2.05, 4.69) is 0 Å². The smallest absolute Gasteiger partial charge is 0.276 e. The predicted molar refractivity (Wildman–Crippen MR) is 45.5 cm³/mol. The van der Waals surface area contributed by atoms with Crippen molar-refractivity contribution in [3.05, 3.63) is 30.2 Å². The first kappa shape index (κ1) is 8.48. The molecule has 0 fully saturated rings. The molecular weight excluding hydrogens is 174 g/mol. The fraction of sp³-hybridized carbons (Fsp3) is 0.400. The SMILES string of the molecule is FC1(F)CCCC=C1c1ccco1. The van der Waals surface area contributed by atoms with Crippen molar-refractivity contribution in [3.8, 4) is 0 Å². The molecule has 0 saturated heterocycles. The number of allylic oxidation sites excluding steroid dienone is 2. The lowest BCUT2D eigenvalue weighted by atomic mass is 9.94. The Hall–Kier alpha value is -1.12. The normalized spacial score (nSPS) is 21.2. The van der Waals surface area contributed by atoms with Crippen LogP contribution in [0.5, 0.6) is 0 Å². The molecule has 0 atom stereocenters. The molecule has 0 N–H and O–H groups in total. The maximum atomic E-state index is 13.3. The van der Waals surface area contributed by atoms with Gasteiger partial charge in [-0.05, 0) is 25.0 Å². The standard InChI is InChI=1S/C10H10F2O/c11-10(12)6-2-1-4-8(10)9-5-3-7-13-9/h3-5,7H,1-2,6H2. The van der Waals surface area contributed by atoms with Crippen LogP contribution in [0.25, 0.3) is 5.57 Å². The van der Waals surface area contributed by atoms with Crippen molar-refractivity contribution in [2.24, 2.45) is 0 Å². The molecule has 0 radical (unpaired) electrons. The van der Waals surface area contributed by atoms with Gasteiger partial charge in [0.2, 0.25) is 0 Å². The second-order valence-corrected chi connectivity index (χ2v) is 3.19. The van der Waals surface area contributed by atoms with Crippen molar-refractivity contribution in [2.45, 2.75) is 25.2 Å². The van der Waals surface area contributed by atoms with Crippen LogP contribution in [-0.2, 0) is 0 Å². The summed E-state index contributed by atoms with van der Waals surface area (Å²) in [7, 11) is 0. The van der Waals surface area contributed by atoms with Crippen molar-refractivity contribution in [2.75, 3.05) is 0 Å². The van der Waals surface area contributed by atoms with Crippen LogP contribution in [0.15, 0.2) is 28.9 Å². The van der Waals surface area contributed by atoms with Gasteiger partial charge in [-0.15, -0.1) is 0 Å². The topological polar surface area (TPSA) is 13.1 Å². The average Bonchev–Trinajstić information content (AvgIpc) is 2.55. The Morgan fingerprint density at radius 1 is 1.38 bits per heavy atom. The highest BCUT2D eigenvalue weighted by atomic mass is 19.3. The Labute approximate surface area is 75.1 Å². The summed E-state index contributed by atoms with van der Waals surface area (Å²) in [6.07, 6.45) is 4.19. The van der Waals surface area contributed by atoms with Gasteiger partial charge >= 0.3 is 0 Å². The molecule has 70 valence electrons. The van der Waals surface area contributed by atoms with Gasteiger partial charge in [0.15, 0.2) is 0 Å². The fourth-order valence-corrected chi connectivity index (χ4v) is 1.57. The molecule has 1 aromatic heterocycles. The van der Waals surface area contributed by atoms with E-state index in [0.717, 1.165) is 0 Å². The van der Waals surface area contributed by atoms with Crippen molar-refractivity contribution < 1.29 is 13.2 Å². The average molecular weight is 184 g/mol. The summed E-state index contributed by atoms with van der Waals surface area (Å²) in [4.78, 5) is 0. The summed E-state index contributed by atoms with van der Waals surface area (Å²) in [6, 6.07) is 3.20. The first-order chi connectivity index (χ1) is 6.20. The number of rotatable bonds is 1. The first-order valence-electron chi connectivity index (χ1n) is 4.32. The number of furan rings is 1. The number of hydrogen-bond acceptors (Lipinski definition) is 1. The van der Waals surface area contributed by atoms with Crippen molar-refractivity contribution >= 4 is 5.57 Å². The van der Waals surface area contributed by atoms with E-state index >= 15 is 0 Å². The molecule has 3 heteroatoms. The van der Waals surface area contributed by atoms with Crippen LogP contribution in [0.4, 0.5) is 8.78 Å². The van der Waals surface area contributed by atoms with Crippen molar-refractivity contribution in [1.82, 2.24) is 0 Å². The fourth-order valence-electron chi connectivity index (χ4n) is 1.57. The van der Waals surface area contributed by atoms with E-state index in [1.807, 2.05) is 0 Å². The molecule has 0 aromatic carbocycles. The van der Waals surface area contributed by atoms with E-state index in [-0.39, 0.29) is 12.0 Å². The molecule has 0 aliphatic heterocycles. The van der Waals surface area contributed by atoms with Gasteiger partial charge in [-0.25, -0.2) is 8.78 Å². The molecule has 0 unspecified atom stereocenters. The lowest BCUT2D eigenvalue weighted by Crippen LogP contribution is -2.20. The van der Waals surface area contributed by atoms with Crippen LogP contribution in [0.2, 0.25) is 0 Å². The highest BCUT2D eigenvalue weighted by Gasteiger charge is 2.37. The molecule has 0 amide bonds. The zero-order valence-corrected chi connectivity index (χ0v) is 7.09. The molecule has 1 nitrogen and oxygen atoms in total. The molecule has 0 spiro atoms. The molecular formula is C10H10F2O. The largest absolute Gasteiger partial charge is 0.464 e. The lowest BCUT2D eigenvalue weighted by Gasteiger charge is -2.22. The molecule has 2 rings (SSSR count). The van der Waals surface area contributed by atoms with Gasteiger partial charge in [0.05, 0.1) is 11.8 Å². The van der Waals surface area contributed by atoms with Gasteiger partial charge in [-0.2, -0.15) is 0 Å². The minimum Gasteiger partial charge on any atom is -0.464 e. The van der Waals surface area contributed by atoms with Crippen molar-refractivity contribution in [3.63, 3.8) is 0 Å². The van der Waals surface area contributed by atoms with Gasteiger partial charge in [0, 0.05) is 6.42 Å². The number of alkyl halides is 2. The summed E-state index contributed by atoms with van der Waals surface area (Å²) in [6.45, 7) is 0. The monoisotopic (exact) mass is 184 g/mol. The quantitative estimate of drug-likeness (QED) is 0.651.